The Kier molecular flexibility index (Phi) is 7.30. The number of hydrogen-bond donors (Lipinski definition) is 1. The van der Waals surface area contributed by atoms with Crippen molar-refractivity contribution in [1.82, 2.24) is 4.90 Å². The Morgan fingerprint density at radius 2 is 1.74 bits per heavy atom. The van der Waals surface area contributed by atoms with Gasteiger partial charge in [-0.2, -0.15) is 5.26 Å². The van der Waals surface area contributed by atoms with Gasteiger partial charge in [0.2, 0.25) is 5.91 Å². The van der Waals surface area contributed by atoms with Crippen LogP contribution >= 0.6 is 11.8 Å². The molecule has 8 nitrogen and oxygen atoms in total. The second-order valence-electron chi connectivity index (χ2n) is 6.29. The van der Waals surface area contributed by atoms with Crippen LogP contribution < -0.4 is 14.8 Å². The van der Waals surface area contributed by atoms with Gasteiger partial charge in [0.1, 0.15) is 24.1 Å². The largest absolute Gasteiger partial charge is 0.494 e. The first kappa shape index (κ1) is 21.9. The van der Waals surface area contributed by atoms with Crippen LogP contribution in [0.3, 0.4) is 0 Å². The molecule has 0 aromatic heterocycles. The molecule has 158 valence electrons. The number of carbonyl (C=O) groups is 3. The third kappa shape index (κ3) is 5.87. The Balaban J connectivity index is 1.61. The van der Waals surface area contributed by atoms with Gasteiger partial charge in [-0.3, -0.25) is 19.3 Å². The molecule has 0 spiro atoms. The van der Waals surface area contributed by atoms with Crippen molar-refractivity contribution in [3.8, 4) is 17.6 Å². The fourth-order valence-corrected chi connectivity index (χ4v) is 3.55. The Labute approximate surface area is 183 Å². The average molecular weight is 437 g/mol. The van der Waals surface area contributed by atoms with Crippen LogP contribution in [0.1, 0.15) is 12.5 Å². The summed E-state index contributed by atoms with van der Waals surface area (Å²) in [6.07, 6.45) is 1.57. The normalized spacial score (nSPS) is 14.5. The lowest BCUT2D eigenvalue weighted by molar-refractivity contribution is -0.127. The Hall–Kier alpha value is -3.77. The molecule has 3 rings (SSSR count). The molecule has 2 aromatic carbocycles. The number of nitriles is 1. The number of hydrogen-bond acceptors (Lipinski definition) is 7. The summed E-state index contributed by atoms with van der Waals surface area (Å²) >= 11 is 0.778. The molecule has 0 bridgehead atoms. The number of rotatable bonds is 8. The summed E-state index contributed by atoms with van der Waals surface area (Å²) in [6, 6.07) is 15.4. The zero-order valence-corrected chi connectivity index (χ0v) is 17.5. The number of nitrogens with zero attached hydrogens (tertiary/aromatic N) is 2. The molecule has 1 aliphatic rings. The predicted molar refractivity (Wildman–Crippen MR) is 116 cm³/mol. The highest BCUT2D eigenvalue weighted by Crippen LogP contribution is 2.32. The Bertz CT molecular complexity index is 1040. The molecule has 0 atom stereocenters. The van der Waals surface area contributed by atoms with Crippen molar-refractivity contribution < 1.29 is 23.9 Å². The van der Waals surface area contributed by atoms with E-state index in [1.165, 1.54) is 0 Å². The molecule has 9 heteroatoms. The number of amides is 3. The van der Waals surface area contributed by atoms with Crippen LogP contribution in [0, 0.1) is 11.3 Å². The summed E-state index contributed by atoms with van der Waals surface area (Å²) in [6.45, 7) is 1.98. The minimum Gasteiger partial charge on any atom is -0.494 e. The van der Waals surface area contributed by atoms with Gasteiger partial charge < -0.3 is 14.8 Å². The zero-order valence-electron chi connectivity index (χ0n) is 16.7. The van der Waals surface area contributed by atoms with Gasteiger partial charge in [0.25, 0.3) is 11.1 Å². The maximum Gasteiger partial charge on any atom is 0.294 e. The monoisotopic (exact) mass is 437 g/mol. The lowest BCUT2D eigenvalue weighted by Gasteiger charge is -2.12. The van der Waals surface area contributed by atoms with E-state index in [9.17, 15) is 14.4 Å². The maximum absolute atomic E-state index is 12.6. The SMILES string of the molecule is CCOc1ccc(NC(=O)CN2C(=O)S/C(=C\c3ccc(OCC#N)cc3)C2=O)cc1. The van der Waals surface area contributed by atoms with Gasteiger partial charge in [0.15, 0.2) is 6.61 Å². The van der Waals surface area contributed by atoms with Gasteiger partial charge in [-0.25, -0.2) is 0 Å². The quantitative estimate of drug-likeness (QED) is 0.628. The van der Waals surface area contributed by atoms with Crippen LogP contribution in [0.2, 0.25) is 0 Å². The first-order valence-electron chi connectivity index (χ1n) is 9.38. The summed E-state index contributed by atoms with van der Waals surface area (Å²) in [5.74, 6) is 0.201. The number of anilines is 1. The summed E-state index contributed by atoms with van der Waals surface area (Å²) in [4.78, 5) is 38.3. The van der Waals surface area contributed by atoms with Crippen LogP contribution in [-0.4, -0.2) is 41.7 Å². The van der Waals surface area contributed by atoms with Crippen LogP contribution in [0.25, 0.3) is 6.08 Å². The van der Waals surface area contributed by atoms with Crippen molar-refractivity contribution in [2.75, 3.05) is 25.1 Å². The number of thioether (sulfide) groups is 1. The van der Waals surface area contributed by atoms with Gasteiger partial charge in [-0.15, -0.1) is 0 Å². The third-order valence-corrected chi connectivity index (χ3v) is 5.01. The van der Waals surface area contributed by atoms with E-state index in [1.807, 2.05) is 13.0 Å². The number of nitrogens with one attached hydrogen (secondary N) is 1. The summed E-state index contributed by atoms with van der Waals surface area (Å²) in [5, 5.41) is 10.7. The molecule has 1 N–H and O–H groups in total. The Morgan fingerprint density at radius 1 is 1.10 bits per heavy atom. The average Bonchev–Trinajstić information content (AvgIpc) is 3.02. The van der Waals surface area contributed by atoms with Crippen molar-refractivity contribution >= 4 is 40.6 Å². The van der Waals surface area contributed by atoms with Crippen molar-refractivity contribution in [3.05, 3.63) is 59.0 Å². The molecule has 0 radical (unpaired) electrons. The second-order valence-corrected chi connectivity index (χ2v) is 7.28. The Morgan fingerprint density at radius 3 is 2.39 bits per heavy atom. The molecule has 0 saturated carbocycles. The van der Waals surface area contributed by atoms with Gasteiger partial charge in [0.05, 0.1) is 11.5 Å². The predicted octanol–water partition coefficient (Wildman–Crippen LogP) is 3.66. The van der Waals surface area contributed by atoms with Crippen LogP contribution in [-0.2, 0) is 9.59 Å². The molecule has 1 aliphatic heterocycles. The minimum absolute atomic E-state index is 0.0586. The van der Waals surface area contributed by atoms with E-state index in [1.54, 1.807) is 54.6 Å². The minimum atomic E-state index is -0.526. The van der Waals surface area contributed by atoms with Crippen LogP contribution in [0.4, 0.5) is 10.5 Å². The summed E-state index contributed by atoms with van der Waals surface area (Å²) < 4.78 is 10.5. The topological polar surface area (TPSA) is 109 Å². The molecule has 0 unspecified atom stereocenters. The van der Waals surface area contributed by atoms with Crippen LogP contribution in [0.5, 0.6) is 11.5 Å². The third-order valence-electron chi connectivity index (χ3n) is 4.11. The molecule has 1 saturated heterocycles. The smallest absolute Gasteiger partial charge is 0.294 e. The second kappa shape index (κ2) is 10.3. The van der Waals surface area contributed by atoms with E-state index >= 15 is 0 Å². The summed E-state index contributed by atoms with van der Waals surface area (Å²) in [5.41, 5.74) is 1.23. The van der Waals surface area contributed by atoms with Gasteiger partial charge in [-0.05, 0) is 66.7 Å². The summed E-state index contributed by atoms with van der Waals surface area (Å²) in [7, 11) is 0. The van der Waals surface area contributed by atoms with Crippen molar-refractivity contribution in [2.24, 2.45) is 0 Å². The number of carbonyl (C=O) groups excluding carboxylic acids is 3. The lowest BCUT2D eigenvalue weighted by Crippen LogP contribution is -2.36. The molecule has 1 fully saturated rings. The first-order chi connectivity index (χ1) is 15.0. The van der Waals surface area contributed by atoms with E-state index < -0.39 is 17.1 Å². The van der Waals surface area contributed by atoms with E-state index in [-0.39, 0.29) is 18.1 Å². The molecule has 2 aromatic rings. The number of ether oxygens (including phenoxy) is 2. The van der Waals surface area contributed by atoms with E-state index in [4.69, 9.17) is 14.7 Å². The highest BCUT2D eigenvalue weighted by atomic mass is 32.2. The highest BCUT2D eigenvalue weighted by molar-refractivity contribution is 8.18. The zero-order chi connectivity index (χ0) is 22.2. The highest BCUT2D eigenvalue weighted by Gasteiger charge is 2.36. The fourth-order valence-electron chi connectivity index (χ4n) is 2.71. The molecule has 0 aliphatic carbocycles. The van der Waals surface area contributed by atoms with Crippen molar-refractivity contribution in [2.45, 2.75) is 6.92 Å². The van der Waals surface area contributed by atoms with Gasteiger partial charge in [-0.1, -0.05) is 12.1 Å². The maximum atomic E-state index is 12.6. The molecule has 31 heavy (non-hydrogen) atoms. The number of imide groups is 1. The van der Waals surface area contributed by atoms with E-state index in [0.717, 1.165) is 16.7 Å². The standard InChI is InChI=1S/C22H19N3O5S/c1-2-29-17-9-5-16(6-10-17)24-20(26)14-25-21(27)19(31-22(25)28)13-15-3-7-18(8-4-15)30-12-11-23/h3-10,13H,2,12,14H2,1H3,(H,24,26)/b19-13-. The van der Waals surface area contributed by atoms with E-state index in [0.29, 0.717) is 29.4 Å². The van der Waals surface area contributed by atoms with Crippen molar-refractivity contribution in [1.29, 1.82) is 5.26 Å². The van der Waals surface area contributed by atoms with Gasteiger partial charge in [0, 0.05) is 5.69 Å². The van der Waals surface area contributed by atoms with Crippen LogP contribution in [0.15, 0.2) is 53.4 Å². The molecule has 3 amide bonds. The molecular weight excluding hydrogens is 418 g/mol. The number of benzene rings is 2. The van der Waals surface area contributed by atoms with E-state index in [2.05, 4.69) is 5.32 Å². The fraction of sp³-hybridized carbons (Fsp3) is 0.182. The lowest BCUT2D eigenvalue weighted by atomic mass is 10.2. The molecular formula is C22H19N3O5S. The first-order valence-corrected chi connectivity index (χ1v) is 10.2. The van der Waals surface area contributed by atoms with Gasteiger partial charge >= 0.3 is 0 Å². The molecule has 1 heterocycles. The van der Waals surface area contributed by atoms with Crippen molar-refractivity contribution in [3.63, 3.8) is 0 Å².